The third-order valence-corrected chi connectivity index (χ3v) is 3.83. The van der Waals surface area contributed by atoms with Crippen molar-refractivity contribution in [3.8, 4) is 5.75 Å². The Morgan fingerprint density at radius 1 is 1.19 bits per heavy atom. The first-order valence-corrected chi connectivity index (χ1v) is 8.31. The average Bonchev–Trinajstić information content (AvgIpc) is 3.02. The fourth-order valence-corrected chi connectivity index (χ4v) is 2.40. The molecule has 2 N–H and O–H groups in total. The topological polar surface area (TPSA) is 91.7 Å². The number of benzene rings is 2. The Morgan fingerprint density at radius 3 is 2.48 bits per heavy atom. The second kappa shape index (κ2) is 8.18. The van der Waals surface area contributed by atoms with Gasteiger partial charge in [0.25, 0.3) is 0 Å². The number of anilines is 1. The van der Waals surface area contributed by atoms with E-state index in [1.807, 2.05) is 43.3 Å². The minimum absolute atomic E-state index is 0.349. The Hall–Kier alpha value is -3.61. The number of carbonyl (C=O) groups is 1. The highest BCUT2D eigenvalue weighted by atomic mass is 16.5. The SMILES string of the molecule is COC(=O)c1ccc(COc2ccc(C=Nn3cc(C)nc3N)cc2)cc1. The number of esters is 1. The van der Waals surface area contributed by atoms with Gasteiger partial charge in [-0.2, -0.15) is 5.10 Å². The summed E-state index contributed by atoms with van der Waals surface area (Å²) in [4.78, 5) is 15.5. The van der Waals surface area contributed by atoms with Gasteiger partial charge in [0.1, 0.15) is 12.4 Å². The fraction of sp³-hybridized carbons (Fsp3) is 0.150. The van der Waals surface area contributed by atoms with Crippen LogP contribution in [0.5, 0.6) is 5.75 Å². The molecule has 0 unspecified atom stereocenters. The van der Waals surface area contributed by atoms with Gasteiger partial charge in [-0.3, -0.25) is 0 Å². The minimum atomic E-state index is -0.354. The summed E-state index contributed by atoms with van der Waals surface area (Å²) >= 11 is 0. The van der Waals surface area contributed by atoms with E-state index < -0.39 is 0 Å². The summed E-state index contributed by atoms with van der Waals surface area (Å²) in [6.07, 6.45) is 3.46. The molecular formula is C20H20N4O3. The number of ether oxygens (including phenoxy) is 2. The molecule has 0 aliphatic rings. The molecule has 0 saturated carbocycles. The molecule has 1 heterocycles. The van der Waals surface area contributed by atoms with Crippen molar-refractivity contribution in [3.63, 3.8) is 0 Å². The van der Waals surface area contributed by atoms with Gasteiger partial charge in [0.15, 0.2) is 0 Å². The number of nitrogens with zero attached hydrogens (tertiary/aromatic N) is 3. The standard InChI is InChI=1S/C20H20N4O3/c1-14-12-24(20(21)23-14)22-11-15-5-9-18(10-6-15)27-13-16-3-7-17(8-4-16)19(25)26-2/h3-12H,13H2,1-2H3,(H2,21,23). The van der Waals surface area contributed by atoms with Crippen molar-refractivity contribution in [1.29, 1.82) is 0 Å². The monoisotopic (exact) mass is 364 g/mol. The molecule has 7 nitrogen and oxygen atoms in total. The van der Waals surface area contributed by atoms with Crippen LogP contribution in [0.25, 0.3) is 0 Å². The van der Waals surface area contributed by atoms with Crippen molar-refractivity contribution < 1.29 is 14.3 Å². The zero-order valence-electron chi connectivity index (χ0n) is 15.1. The predicted molar refractivity (Wildman–Crippen MR) is 103 cm³/mol. The number of methoxy groups -OCH3 is 1. The van der Waals surface area contributed by atoms with Crippen LogP contribution in [0.15, 0.2) is 59.8 Å². The van der Waals surface area contributed by atoms with Crippen molar-refractivity contribution in [3.05, 3.63) is 77.1 Å². The Bertz CT molecular complexity index is 944. The summed E-state index contributed by atoms with van der Waals surface area (Å²) < 4.78 is 12.0. The molecule has 0 amide bonds. The fourth-order valence-electron chi connectivity index (χ4n) is 2.40. The Labute approximate surface area is 157 Å². The summed E-state index contributed by atoms with van der Waals surface area (Å²) in [6.45, 7) is 2.26. The van der Waals surface area contributed by atoms with E-state index in [9.17, 15) is 4.79 Å². The summed E-state index contributed by atoms with van der Waals surface area (Å²) in [5.74, 6) is 0.733. The molecule has 0 atom stereocenters. The van der Waals surface area contributed by atoms with Gasteiger partial charge in [0, 0.05) is 0 Å². The smallest absolute Gasteiger partial charge is 0.337 e. The molecule has 0 aliphatic heterocycles. The molecule has 27 heavy (non-hydrogen) atoms. The summed E-state index contributed by atoms with van der Waals surface area (Å²) in [5, 5.41) is 4.28. The van der Waals surface area contributed by atoms with Gasteiger partial charge in [-0.25, -0.2) is 14.5 Å². The molecule has 0 saturated heterocycles. The number of hydrogen-bond acceptors (Lipinski definition) is 6. The lowest BCUT2D eigenvalue weighted by molar-refractivity contribution is 0.0600. The van der Waals surface area contributed by atoms with Gasteiger partial charge in [-0.05, 0) is 54.4 Å². The van der Waals surface area contributed by atoms with Gasteiger partial charge in [-0.1, -0.05) is 12.1 Å². The van der Waals surface area contributed by atoms with Crippen LogP contribution in [0.3, 0.4) is 0 Å². The van der Waals surface area contributed by atoms with E-state index >= 15 is 0 Å². The van der Waals surface area contributed by atoms with Crippen LogP contribution in [0.4, 0.5) is 5.95 Å². The number of nitrogen functional groups attached to an aromatic ring is 1. The molecule has 0 fully saturated rings. The van der Waals surface area contributed by atoms with Crippen LogP contribution in [0, 0.1) is 6.92 Å². The van der Waals surface area contributed by atoms with Crippen LogP contribution in [0.1, 0.15) is 27.2 Å². The van der Waals surface area contributed by atoms with E-state index in [4.69, 9.17) is 10.5 Å². The van der Waals surface area contributed by atoms with Crippen molar-refractivity contribution in [1.82, 2.24) is 9.66 Å². The van der Waals surface area contributed by atoms with Crippen LogP contribution >= 0.6 is 0 Å². The van der Waals surface area contributed by atoms with Crippen LogP contribution in [-0.4, -0.2) is 29.0 Å². The summed E-state index contributed by atoms with van der Waals surface area (Å²) in [7, 11) is 1.36. The first-order chi connectivity index (χ1) is 13.0. The number of aryl methyl sites for hydroxylation is 1. The second-order valence-corrected chi connectivity index (χ2v) is 5.88. The Balaban J connectivity index is 1.57. The Morgan fingerprint density at radius 2 is 1.89 bits per heavy atom. The lowest BCUT2D eigenvalue weighted by Gasteiger charge is -2.07. The van der Waals surface area contributed by atoms with Gasteiger partial charge in [0.2, 0.25) is 5.95 Å². The van der Waals surface area contributed by atoms with Crippen LogP contribution in [0.2, 0.25) is 0 Å². The highest BCUT2D eigenvalue weighted by Crippen LogP contribution is 2.14. The zero-order chi connectivity index (χ0) is 19.2. The van der Waals surface area contributed by atoms with Gasteiger partial charge in [-0.15, -0.1) is 0 Å². The minimum Gasteiger partial charge on any atom is -0.489 e. The van der Waals surface area contributed by atoms with E-state index in [0.717, 1.165) is 22.6 Å². The van der Waals surface area contributed by atoms with Gasteiger partial charge >= 0.3 is 5.97 Å². The van der Waals surface area contributed by atoms with E-state index in [0.29, 0.717) is 18.1 Å². The van der Waals surface area contributed by atoms with Crippen LogP contribution < -0.4 is 10.5 Å². The maximum absolute atomic E-state index is 11.4. The quantitative estimate of drug-likeness (QED) is 0.536. The van der Waals surface area contributed by atoms with Crippen molar-refractivity contribution in [2.75, 3.05) is 12.8 Å². The zero-order valence-corrected chi connectivity index (χ0v) is 15.1. The maximum atomic E-state index is 11.4. The van der Waals surface area contributed by atoms with Crippen molar-refractivity contribution in [2.24, 2.45) is 5.10 Å². The molecule has 7 heteroatoms. The van der Waals surface area contributed by atoms with E-state index in [2.05, 4.69) is 14.8 Å². The molecule has 0 aliphatic carbocycles. The first-order valence-electron chi connectivity index (χ1n) is 8.31. The number of nitrogens with two attached hydrogens (primary N) is 1. The lowest BCUT2D eigenvalue weighted by atomic mass is 10.1. The van der Waals surface area contributed by atoms with E-state index in [-0.39, 0.29) is 5.97 Å². The summed E-state index contributed by atoms with van der Waals surface area (Å²) in [5.41, 5.74) is 8.95. The summed E-state index contributed by atoms with van der Waals surface area (Å²) in [6, 6.07) is 14.6. The highest BCUT2D eigenvalue weighted by Gasteiger charge is 2.04. The molecular weight excluding hydrogens is 344 g/mol. The number of imidazole rings is 1. The Kier molecular flexibility index (Phi) is 5.51. The third kappa shape index (κ3) is 4.72. The van der Waals surface area contributed by atoms with Crippen LogP contribution in [-0.2, 0) is 11.3 Å². The molecule has 1 aromatic heterocycles. The average molecular weight is 364 g/mol. The number of hydrogen-bond donors (Lipinski definition) is 1. The molecule has 138 valence electrons. The molecule has 0 bridgehead atoms. The van der Waals surface area contributed by atoms with E-state index in [1.165, 1.54) is 11.8 Å². The molecule has 0 spiro atoms. The maximum Gasteiger partial charge on any atom is 0.337 e. The second-order valence-electron chi connectivity index (χ2n) is 5.88. The number of rotatable bonds is 6. The van der Waals surface area contributed by atoms with Gasteiger partial charge < -0.3 is 15.2 Å². The van der Waals surface area contributed by atoms with Crippen molar-refractivity contribution >= 4 is 18.1 Å². The number of aromatic nitrogens is 2. The molecule has 0 radical (unpaired) electrons. The van der Waals surface area contributed by atoms with E-state index in [1.54, 1.807) is 24.5 Å². The third-order valence-electron chi connectivity index (χ3n) is 3.83. The largest absolute Gasteiger partial charge is 0.489 e. The normalized spacial score (nSPS) is 10.9. The molecule has 3 aromatic rings. The molecule has 3 rings (SSSR count). The van der Waals surface area contributed by atoms with Gasteiger partial charge in [0.05, 0.1) is 30.8 Å². The number of carbonyl (C=O) groups excluding carboxylic acids is 1. The van der Waals surface area contributed by atoms with Crippen molar-refractivity contribution in [2.45, 2.75) is 13.5 Å². The first kappa shape index (κ1) is 18.2. The lowest BCUT2D eigenvalue weighted by Crippen LogP contribution is -2.02. The molecule has 2 aromatic carbocycles. The highest BCUT2D eigenvalue weighted by molar-refractivity contribution is 5.89. The predicted octanol–water partition coefficient (Wildman–Crippen LogP) is 3.02.